The molecule has 2 aromatic carbocycles. The van der Waals surface area contributed by atoms with Crippen molar-refractivity contribution in [3.05, 3.63) is 57.9 Å². The Morgan fingerprint density at radius 2 is 1.39 bits per heavy atom. The van der Waals surface area contributed by atoms with Crippen LogP contribution in [0.1, 0.15) is 48.8 Å². The van der Waals surface area contributed by atoms with E-state index in [0.29, 0.717) is 18.4 Å². The van der Waals surface area contributed by atoms with E-state index >= 15 is 0 Å². The molecule has 2 aromatic rings. The van der Waals surface area contributed by atoms with Crippen LogP contribution >= 0.6 is 18.6 Å². The quantitative estimate of drug-likeness (QED) is 0.146. The molecule has 2 nitrogen and oxygen atoms in total. The van der Waals surface area contributed by atoms with E-state index in [-0.39, 0.29) is 22.9 Å². The molecule has 3 rings (SSSR count). The van der Waals surface area contributed by atoms with Gasteiger partial charge in [0.05, 0.1) is 5.71 Å². The molecule has 1 aliphatic rings. The Labute approximate surface area is 194 Å². The zero-order valence-corrected chi connectivity index (χ0v) is 19.9. The SMILES string of the molecule is Cc1cc(C)c(O)c(C(=Nc2c(F)c(F)c(F)c(F)c2F)C2CCCCC2)c1.[Cl][Ti][Cl]. The van der Waals surface area contributed by atoms with Gasteiger partial charge in [-0.2, -0.15) is 0 Å². The average Bonchev–Trinajstić information content (AvgIpc) is 2.75. The molecular formula is C21H20Cl2F5NOTi. The van der Waals surface area contributed by atoms with Crippen molar-refractivity contribution >= 4 is 30.0 Å². The van der Waals surface area contributed by atoms with Gasteiger partial charge in [-0.25, -0.2) is 26.9 Å². The number of phenolic OH excluding ortho intramolecular Hbond substituents is 1. The van der Waals surface area contributed by atoms with Gasteiger partial charge in [0, 0.05) is 11.5 Å². The maximum absolute atomic E-state index is 14.2. The van der Waals surface area contributed by atoms with Crippen LogP contribution in [0.3, 0.4) is 0 Å². The number of phenols is 1. The molecule has 1 N–H and O–H groups in total. The van der Waals surface area contributed by atoms with Gasteiger partial charge in [0.15, 0.2) is 23.3 Å². The first-order chi connectivity index (χ1) is 14.6. The zero-order chi connectivity index (χ0) is 23.3. The monoisotopic (exact) mass is 515 g/mol. The summed E-state index contributed by atoms with van der Waals surface area (Å²) in [5, 5.41) is 10.5. The molecule has 0 aliphatic heterocycles. The third-order valence-electron chi connectivity index (χ3n) is 5.13. The van der Waals surface area contributed by atoms with E-state index in [2.05, 4.69) is 4.99 Å². The predicted molar refractivity (Wildman–Crippen MR) is 108 cm³/mol. The standard InChI is InChI=1S/C21H20F5NO.2ClH.Ti/c1-10-8-11(2)21(28)13(9-10)19(12-6-4-3-5-7-12)27-20-17(25)15(23)14(22)16(24)18(20)26;;;/h8-9,12,28H,3-7H2,1-2H3;2*1H;/q;;;+2/p-2. The molecule has 0 aromatic heterocycles. The zero-order valence-electron chi connectivity index (χ0n) is 16.8. The molecule has 1 fully saturated rings. The third kappa shape index (κ3) is 6.01. The summed E-state index contributed by atoms with van der Waals surface area (Å²) in [6, 6.07) is 3.34. The van der Waals surface area contributed by atoms with E-state index in [0.717, 1.165) is 24.8 Å². The number of aryl methyl sites for hydroxylation is 2. The summed E-state index contributed by atoms with van der Waals surface area (Å²) in [6.45, 7) is 3.45. The topological polar surface area (TPSA) is 32.6 Å². The fraction of sp³-hybridized carbons (Fsp3) is 0.381. The fourth-order valence-corrected chi connectivity index (χ4v) is 3.71. The second kappa shape index (κ2) is 11.6. The van der Waals surface area contributed by atoms with Crippen molar-refractivity contribution < 1.29 is 44.1 Å². The van der Waals surface area contributed by atoms with Gasteiger partial charge in [0.25, 0.3) is 0 Å². The van der Waals surface area contributed by atoms with Crippen molar-refractivity contribution in [1.29, 1.82) is 0 Å². The predicted octanol–water partition coefficient (Wildman–Crippen LogP) is 7.78. The number of hydrogen-bond acceptors (Lipinski definition) is 2. The summed E-state index contributed by atoms with van der Waals surface area (Å²) < 4.78 is 69.0. The number of benzene rings is 2. The van der Waals surface area contributed by atoms with Crippen LogP contribution in [0.25, 0.3) is 0 Å². The van der Waals surface area contributed by atoms with E-state index in [1.165, 1.54) is 0 Å². The van der Waals surface area contributed by atoms with Gasteiger partial charge >= 0.3 is 35.6 Å². The molecule has 0 amide bonds. The summed E-state index contributed by atoms with van der Waals surface area (Å²) in [5.74, 6) is -10.6. The average molecular weight is 516 g/mol. The summed E-state index contributed by atoms with van der Waals surface area (Å²) in [4.78, 5) is 3.92. The number of aliphatic imine (C=N–C) groups is 1. The molecule has 10 heteroatoms. The fourth-order valence-electron chi connectivity index (χ4n) is 3.71. The first-order valence-electron chi connectivity index (χ1n) is 9.50. The molecule has 0 heterocycles. The number of hydrogen-bond donors (Lipinski definition) is 1. The summed E-state index contributed by atoms with van der Waals surface area (Å²) >= 11 is -0.556. The minimum atomic E-state index is -2.22. The van der Waals surface area contributed by atoms with E-state index in [4.69, 9.17) is 18.6 Å². The van der Waals surface area contributed by atoms with Gasteiger partial charge in [-0.05, 0) is 43.9 Å². The van der Waals surface area contributed by atoms with Gasteiger partial charge in [0.1, 0.15) is 11.4 Å². The molecule has 168 valence electrons. The van der Waals surface area contributed by atoms with Crippen LogP contribution in [0.15, 0.2) is 17.1 Å². The number of nitrogens with zero attached hydrogens (tertiary/aromatic N) is 1. The Balaban J connectivity index is 0.00000107. The first-order valence-corrected chi connectivity index (χ1v) is 13.8. The van der Waals surface area contributed by atoms with Crippen molar-refractivity contribution in [3.63, 3.8) is 0 Å². The molecule has 31 heavy (non-hydrogen) atoms. The van der Waals surface area contributed by atoms with Gasteiger partial charge in [0.2, 0.25) is 5.82 Å². The minimum absolute atomic E-state index is 0.112. The summed E-state index contributed by atoms with van der Waals surface area (Å²) in [5.41, 5.74) is 0.498. The number of aromatic hydroxyl groups is 1. The summed E-state index contributed by atoms with van der Waals surface area (Å²) in [6.07, 6.45) is 4.01. The van der Waals surface area contributed by atoms with Crippen molar-refractivity contribution in [2.24, 2.45) is 10.9 Å². The second-order valence-corrected chi connectivity index (χ2v) is 9.88. The van der Waals surface area contributed by atoms with E-state index in [1.807, 2.05) is 0 Å². The van der Waals surface area contributed by atoms with Gasteiger partial charge < -0.3 is 5.11 Å². The third-order valence-corrected chi connectivity index (χ3v) is 5.13. The molecule has 0 spiro atoms. The van der Waals surface area contributed by atoms with Crippen molar-refractivity contribution in [1.82, 2.24) is 0 Å². The van der Waals surface area contributed by atoms with Crippen molar-refractivity contribution in [2.75, 3.05) is 0 Å². The van der Waals surface area contributed by atoms with Crippen LogP contribution in [-0.2, 0) is 17.0 Å². The second-order valence-electron chi connectivity index (χ2n) is 7.30. The van der Waals surface area contributed by atoms with Crippen LogP contribution in [-0.4, -0.2) is 10.8 Å². The van der Waals surface area contributed by atoms with Crippen molar-refractivity contribution in [2.45, 2.75) is 46.0 Å². The van der Waals surface area contributed by atoms with E-state index in [9.17, 15) is 27.1 Å². The van der Waals surface area contributed by atoms with E-state index in [1.54, 1.807) is 26.0 Å². The van der Waals surface area contributed by atoms with Gasteiger partial charge in [-0.3, -0.25) is 0 Å². The number of rotatable bonds is 3. The number of halogens is 7. The molecule has 1 saturated carbocycles. The molecule has 0 bridgehead atoms. The van der Waals surface area contributed by atoms with Crippen LogP contribution in [0.5, 0.6) is 5.75 Å². The Morgan fingerprint density at radius 1 is 0.903 bits per heavy atom. The van der Waals surface area contributed by atoms with Crippen LogP contribution in [0.4, 0.5) is 27.6 Å². The van der Waals surface area contributed by atoms with Gasteiger partial charge in [-0.15, -0.1) is 0 Å². The molecular weight excluding hydrogens is 496 g/mol. The van der Waals surface area contributed by atoms with Crippen LogP contribution in [0.2, 0.25) is 0 Å². The van der Waals surface area contributed by atoms with Gasteiger partial charge in [-0.1, -0.05) is 25.3 Å². The summed E-state index contributed by atoms with van der Waals surface area (Å²) in [7, 11) is 9.78. The molecule has 0 saturated heterocycles. The van der Waals surface area contributed by atoms with Crippen molar-refractivity contribution in [3.8, 4) is 5.75 Å². The Kier molecular flexibility index (Phi) is 9.80. The molecule has 1 aliphatic carbocycles. The molecule has 0 atom stereocenters. The Morgan fingerprint density at radius 3 is 1.90 bits per heavy atom. The molecule has 0 radical (unpaired) electrons. The van der Waals surface area contributed by atoms with E-state index < -0.39 is 51.8 Å². The Hall–Kier alpha value is -1.15. The van der Waals surface area contributed by atoms with Crippen LogP contribution < -0.4 is 0 Å². The van der Waals surface area contributed by atoms with Crippen LogP contribution in [0, 0.1) is 48.9 Å². The first kappa shape index (κ1) is 26.1. The normalized spacial score (nSPS) is 14.8. The maximum atomic E-state index is 14.2. The molecule has 0 unspecified atom stereocenters. The Bertz CT molecular complexity index is 952.